The van der Waals surface area contributed by atoms with E-state index in [0.717, 1.165) is 39.7 Å². The Morgan fingerprint density at radius 2 is 0.800 bits per heavy atom. The summed E-state index contributed by atoms with van der Waals surface area (Å²) in [5.74, 6) is 0. The third-order valence-electron chi connectivity index (χ3n) is 5.81. The third kappa shape index (κ3) is 5.09. The maximum Gasteiger partial charge on any atom is 0.0702 e. The summed E-state index contributed by atoms with van der Waals surface area (Å²) in [5.41, 5.74) is 13.6. The van der Waals surface area contributed by atoms with Gasteiger partial charge >= 0.3 is 0 Å². The second kappa shape index (κ2) is 11.2. The summed E-state index contributed by atoms with van der Waals surface area (Å²) in [5, 5.41) is 0. The average Bonchev–Trinajstić information content (AvgIpc) is 2.92. The van der Waals surface area contributed by atoms with Gasteiger partial charge in [-0.2, -0.15) is 0 Å². The number of rotatable bonds is 7. The van der Waals surface area contributed by atoms with Gasteiger partial charge in [-0.3, -0.25) is 0 Å². The Morgan fingerprint density at radius 1 is 0.429 bits per heavy atom. The Bertz CT molecular complexity index is 1300. The molecule has 0 saturated carbocycles. The Hall–Kier alpha value is -4.38. The van der Waals surface area contributed by atoms with Crippen LogP contribution in [0.5, 0.6) is 0 Å². The predicted molar refractivity (Wildman–Crippen MR) is 149 cm³/mol. The van der Waals surface area contributed by atoms with Gasteiger partial charge in [0.15, 0.2) is 0 Å². The molecular weight excluding hydrogens is 428 g/mol. The first-order chi connectivity index (χ1) is 16.8. The van der Waals surface area contributed by atoms with Gasteiger partial charge in [-0.15, -0.1) is 0 Å². The molecule has 5 aromatic carbocycles. The summed E-state index contributed by atoms with van der Waals surface area (Å²) in [4.78, 5) is 4.60. The fourth-order valence-electron chi connectivity index (χ4n) is 4.25. The van der Waals surface area contributed by atoms with Crippen molar-refractivity contribution < 1.29 is 0 Å². The molecule has 0 aliphatic heterocycles. The molecule has 0 spiro atoms. The van der Waals surface area contributed by atoms with E-state index in [0.29, 0.717) is 6.54 Å². The third-order valence-corrected chi connectivity index (χ3v) is 5.81. The minimum Gasteiger partial charge on any atom is -0.344 e. The van der Waals surface area contributed by atoms with Crippen molar-refractivity contribution in [1.29, 1.82) is 0 Å². The van der Waals surface area contributed by atoms with Crippen molar-refractivity contribution in [3.63, 3.8) is 0 Å². The minimum atomic E-state index is 0. The lowest BCUT2D eigenvalue weighted by molar-refractivity contribution is 1.07. The molecule has 0 atom stereocenters. The first kappa shape index (κ1) is 23.8. The smallest absolute Gasteiger partial charge is 0.0702 e. The van der Waals surface area contributed by atoms with E-state index in [1.54, 1.807) is 0 Å². The molecular formula is C31H30N4. The Labute approximate surface area is 207 Å². The van der Waals surface area contributed by atoms with Gasteiger partial charge in [-0.1, -0.05) is 78.9 Å². The molecule has 0 aliphatic rings. The van der Waals surface area contributed by atoms with Crippen LogP contribution < -0.4 is 21.7 Å². The highest BCUT2D eigenvalue weighted by molar-refractivity contribution is 5.91. The molecule has 4 heteroatoms. The van der Waals surface area contributed by atoms with E-state index in [9.17, 15) is 0 Å². The molecule has 174 valence electrons. The zero-order valence-electron chi connectivity index (χ0n) is 19.7. The van der Waals surface area contributed by atoms with Crippen LogP contribution in [0.3, 0.4) is 0 Å². The highest BCUT2D eigenvalue weighted by Crippen LogP contribution is 2.45. The van der Waals surface area contributed by atoms with Gasteiger partial charge < -0.3 is 21.7 Å². The molecule has 0 fully saturated rings. The molecule has 4 nitrogen and oxygen atoms in total. The first-order valence-electron chi connectivity index (χ1n) is 11.5. The SMILES string of the molecule is N.NCc1cccc(N(c2ccccc2)c2ccccc2N(c2ccccc2)c2ccccc2)c1. The fraction of sp³-hybridized carbons (Fsp3) is 0.0323. The van der Waals surface area contributed by atoms with Crippen molar-refractivity contribution in [3.8, 4) is 0 Å². The molecule has 0 bridgehead atoms. The summed E-state index contributed by atoms with van der Waals surface area (Å²) in [6.45, 7) is 0.498. The summed E-state index contributed by atoms with van der Waals surface area (Å²) in [6, 6.07) is 48.4. The zero-order valence-corrected chi connectivity index (χ0v) is 19.7. The Kier molecular flexibility index (Phi) is 7.58. The summed E-state index contributed by atoms with van der Waals surface area (Å²) < 4.78 is 0. The normalized spacial score (nSPS) is 10.3. The van der Waals surface area contributed by atoms with Crippen molar-refractivity contribution in [1.82, 2.24) is 6.15 Å². The lowest BCUT2D eigenvalue weighted by Crippen LogP contribution is -2.17. The monoisotopic (exact) mass is 458 g/mol. The minimum absolute atomic E-state index is 0. The van der Waals surface area contributed by atoms with E-state index < -0.39 is 0 Å². The van der Waals surface area contributed by atoms with Crippen LogP contribution in [0.2, 0.25) is 0 Å². The van der Waals surface area contributed by atoms with Crippen LogP contribution >= 0.6 is 0 Å². The molecule has 0 heterocycles. The number of nitrogens with two attached hydrogens (primary N) is 1. The second-order valence-electron chi connectivity index (χ2n) is 8.04. The highest BCUT2D eigenvalue weighted by atomic mass is 15.2. The molecule has 5 rings (SSSR count). The number of nitrogens with zero attached hydrogens (tertiary/aromatic N) is 2. The van der Waals surface area contributed by atoms with E-state index in [4.69, 9.17) is 5.73 Å². The number of benzene rings is 5. The molecule has 0 radical (unpaired) electrons. The maximum absolute atomic E-state index is 6.00. The van der Waals surface area contributed by atoms with Crippen LogP contribution in [0.25, 0.3) is 0 Å². The summed E-state index contributed by atoms with van der Waals surface area (Å²) in [6.07, 6.45) is 0. The van der Waals surface area contributed by atoms with E-state index >= 15 is 0 Å². The van der Waals surface area contributed by atoms with Gasteiger partial charge in [0.05, 0.1) is 11.4 Å². The van der Waals surface area contributed by atoms with E-state index in [2.05, 4.69) is 131 Å². The first-order valence-corrected chi connectivity index (χ1v) is 11.5. The van der Waals surface area contributed by atoms with Gasteiger partial charge in [0.25, 0.3) is 0 Å². The predicted octanol–water partition coefficient (Wildman–Crippen LogP) is 8.25. The molecule has 5 aromatic rings. The second-order valence-corrected chi connectivity index (χ2v) is 8.04. The summed E-state index contributed by atoms with van der Waals surface area (Å²) >= 11 is 0. The average molecular weight is 459 g/mol. The van der Waals surface area contributed by atoms with Gasteiger partial charge in [0, 0.05) is 29.3 Å². The van der Waals surface area contributed by atoms with Crippen LogP contribution in [0.4, 0.5) is 34.1 Å². The molecule has 0 unspecified atom stereocenters. The molecule has 35 heavy (non-hydrogen) atoms. The molecule has 0 amide bonds. The highest BCUT2D eigenvalue weighted by Gasteiger charge is 2.21. The van der Waals surface area contributed by atoms with E-state index in [-0.39, 0.29) is 6.15 Å². The largest absolute Gasteiger partial charge is 0.344 e. The van der Waals surface area contributed by atoms with Crippen molar-refractivity contribution in [3.05, 3.63) is 145 Å². The number of para-hydroxylation sites is 5. The molecule has 0 saturated heterocycles. The van der Waals surface area contributed by atoms with Crippen LogP contribution in [-0.4, -0.2) is 0 Å². The standard InChI is InChI=1S/C31H27N3.H3N/c32-24-25-13-12-20-29(23-25)34(28-18-8-3-9-19-28)31-22-11-10-21-30(31)33(26-14-4-1-5-15-26)27-16-6-2-7-17-27;/h1-23H,24,32H2;1H3. The van der Waals surface area contributed by atoms with Gasteiger partial charge in [-0.05, 0) is 66.2 Å². The van der Waals surface area contributed by atoms with Crippen LogP contribution in [0.15, 0.2) is 140 Å². The van der Waals surface area contributed by atoms with Crippen LogP contribution in [0, 0.1) is 0 Å². The quantitative estimate of drug-likeness (QED) is 0.258. The molecule has 0 aromatic heterocycles. The Morgan fingerprint density at radius 3 is 1.23 bits per heavy atom. The van der Waals surface area contributed by atoms with Crippen molar-refractivity contribution >= 4 is 34.1 Å². The lowest BCUT2D eigenvalue weighted by Gasteiger charge is -2.33. The number of hydrogen-bond acceptors (Lipinski definition) is 4. The van der Waals surface area contributed by atoms with E-state index in [1.807, 2.05) is 18.2 Å². The van der Waals surface area contributed by atoms with Crippen molar-refractivity contribution in [2.24, 2.45) is 5.73 Å². The number of hydrogen-bond donors (Lipinski definition) is 2. The van der Waals surface area contributed by atoms with Crippen molar-refractivity contribution in [2.45, 2.75) is 6.54 Å². The lowest BCUT2D eigenvalue weighted by atomic mass is 10.1. The Balaban J connectivity index is 0.00000289. The summed E-state index contributed by atoms with van der Waals surface area (Å²) in [7, 11) is 0. The molecule has 0 aliphatic carbocycles. The maximum atomic E-state index is 6.00. The van der Waals surface area contributed by atoms with Crippen molar-refractivity contribution in [2.75, 3.05) is 9.80 Å². The zero-order chi connectivity index (χ0) is 23.2. The molecule has 5 N–H and O–H groups in total. The van der Waals surface area contributed by atoms with Gasteiger partial charge in [0.2, 0.25) is 0 Å². The van der Waals surface area contributed by atoms with E-state index in [1.165, 1.54) is 0 Å². The number of anilines is 6. The van der Waals surface area contributed by atoms with Gasteiger partial charge in [-0.25, -0.2) is 0 Å². The topological polar surface area (TPSA) is 67.5 Å². The van der Waals surface area contributed by atoms with Gasteiger partial charge in [0.1, 0.15) is 0 Å². The van der Waals surface area contributed by atoms with Crippen LogP contribution in [0.1, 0.15) is 5.56 Å². The van der Waals surface area contributed by atoms with Crippen LogP contribution in [-0.2, 0) is 6.54 Å². The fourth-order valence-corrected chi connectivity index (χ4v) is 4.25.